The predicted molar refractivity (Wildman–Crippen MR) is 270 cm³/mol. The molecule has 2 N–H and O–H groups in total. The Balaban J connectivity index is 0.000000127. The number of nitrogens with one attached hydrogen (secondary N) is 1. The van der Waals surface area contributed by atoms with Crippen LogP contribution >= 0.6 is 45.8 Å². The Morgan fingerprint density at radius 3 is 1.49 bits per heavy atom. The lowest BCUT2D eigenvalue weighted by Crippen LogP contribution is -2.10. The number of aromatic nitrogens is 12. The molecule has 4 aliphatic rings. The third-order valence-corrected chi connectivity index (χ3v) is 12.8. The monoisotopic (exact) mass is 1150 g/mol. The number of unbranched alkanes of at least 4 members (excludes halogenated alkanes) is 1. The van der Waals surface area contributed by atoms with Crippen LogP contribution in [0, 0.1) is 26.8 Å². The van der Waals surface area contributed by atoms with Crippen LogP contribution in [-0.2, 0) is 4.74 Å². The summed E-state index contributed by atoms with van der Waals surface area (Å²) < 4.78 is 63.8. The van der Waals surface area contributed by atoms with Gasteiger partial charge in [0.25, 0.3) is 0 Å². The van der Waals surface area contributed by atoms with E-state index in [4.69, 9.17) is 33.0 Å². The summed E-state index contributed by atoms with van der Waals surface area (Å²) in [6, 6.07) is 5.57. The molecule has 0 atom stereocenters. The number of halogens is 7. The Hall–Kier alpha value is -6.59. The van der Waals surface area contributed by atoms with Gasteiger partial charge in [0, 0.05) is 60.2 Å². The van der Waals surface area contributed by atoms with Crippen molar-refractivity contribution in [1.82, 2.24) is 58.6 Å². The van der Waals surface area contributed by atoms with Crippen LogP contribution < -0.4 is 0 Å². The van der Waals surface area contributed by atoms with Gasteiger partial charge < -0.3 is 28.5 Å². The van der Waals surface area contributed by atoms with Gasteiger partial charge in [-0.2, -0.15) is 0 Å². The molecule has 16 nitrogen and oxygen atoms in total. The average Bonchev–Trinajstić information content (AvgIpc) is 4.32. The standard InChI is InChI=1S/C16H18FN3O2.C12H10FN3O2.C11H9ClFN3.C6H8N2.C5H2ClFIN/c1-2-3-6-22-16(21)13-7-15(12(17)8-18-13)20-9-14(19-10-20)11-4-5-11;13-8-4-14-9(12(17)18)3-11(8)16-5-10(15-6-16)7-1-2-7;12-11-3-10(8(13)4-14-11)16-5-9(15-6-16)7-1-2-7;1-2-5(1)6-3-7-4-8-6;6-5-1-4(8)3(7)2-9-5/h7-11H,2-6H2,1H3;3-7H,1-2H2,(H,17,18);3-7H,1-2H2;3-5H,1-2H2,(H,7,8);1-2H. The van der Waals surface area contributed by atoms with E-state index in [2.05, 4.69) is 44.9 Å². The zero-order valence-corrected chi connectivity index (χ0v) is 42.7. The summed E-state index contributed by atoms with van der Waals surface area (Å²) in [7, 11) is 0. The number of aromatic amines is 1. The molecule has 4 fully saturated rings. The average molecular weight is 1150 g/mol. The third kappa shape index (κ3) is 15.0. The molecule has 0 unspecified atom stereocenters. The number of esters is 1. The Kier molecular flexibility index (Phi) is 17.6. The molecule has 0 aliphatic heterocycles. The van der Waals surface area contributed by atoms with Gasteiger partial charge in [-0.1, -0.05) is 36.5 Å². The molecule has 8 heterocycles. The molecule has 23 heteroatoms. The first-order valence-electron chi connectivity index (χ1n) is 23.3. The number of nitrogens with zero attached hydrogens (tertiary/aromatic N) is 11. The Labute approximate surface area is 439 Å². The smallest absolute Gasteiger partial charge is 0.356 e. The van der Waals surface area contributed by atoms with Crippen molar-refractivity contribution >= 4 is 57.7 Å². The fourth-order valence-corrected chi connectivity index (χ4v) is 7.85. The van der Waals surface area contributed by atoms with E-state index >= 15 is 0 Å². The summed E-state index contributed by atoms with van der Waals surface area (Å²) in [4.78, 5) is 57.0. The van der Waals surface area contributed by atoms with Crippen LogP contribution in [0.4, 0.5) is 17.6 Å². The van der Waals surface area contributed by atoms with Crippen molar-refractivity contribution in [1.29, 1.82) is 0 Å². The highest BCUT2D eigenvalue weighted by atomic mass is 127. The van der Waals surface area contributed by atoms with Crippen LogP contribution in [-0.4, -0.2) is 82.2 Å². The number of H-pyrrole nitrogens is 1. The van der Waals surface area contributed by atoms with E-state index in [-0.39, 0.29) is 33.7 Å². The lowest BCUT2D eigenvalue weighted by atomic mass is 10.3. The van der Waals surface area contributed by atoms with Crippen molar-refractivity contribution in [2.24, 2.45) is 0 Å². The SMILES string of the molecule is CCCCOC(=O)c1cc(-n2cnc(C3CC3)c2)c(F)cn1.Fc1cnc(Cl)cc1-n1cnc(C2CC2)c1.Fc1cnc(Cl)cc1I.O=C(O)c1cc(-n2cnc(C3CC3)c2)c(F)cn1.c1ncc(C2CC2)[nH]1. The molecule has 12 rings (SSSR count). The van der Waals surface area contributed by atoms with E-state index in [0.717, 1.165) is 86.3 Å². The molecule has 0 bridgehead atoms. The second kappa shape index (κ2) is 24.4. The minimum atomic E-state index is -1.18. The number of carboxylic acids is 1. The molecule has 4 aliphatic carbocycles. The molecular weight excluding hydrogens is 1110 g/mol. The lowest BCUT2D eigenvalue weighted by molar-refractivity contribution is 0.0492. The van der Waals surface area contributed by atoms with Crippen LogP contribution in [0.2, 0.25) is 10.3 Å². The number of hydrogen-bond donors (Lipinski definition) is 2. The third-order valence-electron chi connectivity index (χ3n) is 11.6. The molecule has 380 valence electrons. The van der Waals surface area contributed by atoms with E-state index in [1.807, 2.05) is 48.1 Å². The Morgan fingerprint density at radius 2 is 1.07 bits per heavy atom. The molecule has 0 spiro atoms. The van der Waals surface area contributed by atoms with Crippen molar-refractivity contribution in [2.45, 2.75) is 94.8 Å². The van der Waals surface area contributed by atoms with Gasteiger partial charge in [0.2, 0.25) is 0 Å². The van der Waals surface area contributed by atoms with Crippen LogP contribution in [0.3, 0.4) is 0 Å². The van der Waals surface area contributed by atoms with E-state index in [0.29, 0.717) is 38.8 Å². The minimum absolute atomic E-state index is 0.106. The van der Waals surface area contributed by atoms with Gasteiger partial charge in [0.15, 0.2) is 29.0 Å². The summed E-state index contributed by atoms with van der Waals surface area (Å²) in [5.41, 5.74) is 4.93. The van der Waals surface area contributed by atoms with Crippen molar-refractivity contribution in [2.75, 3.05) is 6.61 Å². The summed E-state index contributed by atoms with van der Waals surface area (Å²) in [6.45, 7) is 2.36. The van der Waals surface area contributed by atoms with Gasteiger partial charge >= 0.3 is 11.9 Å². The van der Waals surface area contributed by atoms with E-state index in [1.54, 1.807) is 34.3 Å². The highest BCUT2D eigenvalue weighted by Gasteiger charge is 2.28. The number of pyridine rings is 4. The van der Waals surface area contributed by atoms with Crippen LogP contribution in [0.1, 0.15) is 139 Å². The highest BCUT2D eigenvalue weighted by Crippen LogP contribution is 2.41. The Morgan fingerprint density at radius 1 is 0.630 bits per heavy atom. The molecule has 8 aromatic heterocycles. The minimum Gasteiger partial charge on any atom is -0.477 e. The summed E-state index contributed by atoms with van der Waals surface area (Å²) in [5, 5.41) is 9.44. The summed E-state index contributed by atoms with van der Waals surface area (Å²) in [6.07, 6.45) is 29.2. The molecule has 0 aromatic carbocycles. The molecule has 0 saturated heterocycles. The topological polar surface area (TPSA) is 197 Å². The molecule has 0 radical (unpaired) electrons. The summed E-state index contributed by atoms with van der Waals surface area (Å²) in [5.74, 6) is -1.18. The number of carbonyl (C=O) groups is 2. The fourth-order valence-electron chi connectivity index (χ4n) is 6.92. The second-order valence-electron chi connectivity index (χ2n) is 17.4. The first-order chi connectivity index (χ1) is 35.2. The van der Waals surface area contributed by atoms with E-state index in [1.165, 1.54) is 66.5 Å². The first kappa shape index (κ1) is 52.7. The number of carbonyl (C=O) groups excluding carboxylic acids is 1. The van der Waals surface area contributed by atoms with Crippen LogP contribution in [0.5, 0.6) is 0 Å². The maximum Gasteiger partial charge on any atom is 0.356 e. The highest BCUT2D eigenvalue weighted by molar-refractivity contribution is 14.1. The Bertz CT molecular complexity index is 3160. The van der Waals surface area contributed by atoms with E-state index in [9.17, 15) is 27.2 Å². The first-order valence-corrected chi connectivity index (χ1v) is 25.2. The van der Waals surface area contributed by atoms with Crippen molar-refractivity contribution in [3.8, 4) is 17.1 Å². The molecule has 4 saturated carbocycles. The maximum atomic E-state index is 14.0. The van der Waals surface area contributed by atoms with Crippen LogP contribution in [0.15, 0.2) is 99.1 Å². The summed E-state index contributed by atoms with van der Waals surface area (Å²) >= 11 is 13.0. The fraction of sp³-hybridized carbons (Fsp3) is 0.320. The number of hydrogen-bond acceptors (Lipinski definition) is 11. The van der Waals surface area contributed by atoms with Crippen molar-refractivity contribution in [3.63, 3.8) is 0 Å². The molecule has 73 heavy (non-hydrogen) atoms. The van der Waals surface area contributed by atoms with Crippen molar-refractivity contribution in [3.05, 3.63) is 170 Å². The van der Waals surface area contributed by atoms with Gasteiger partial charge in [-0.25, -0.2) is 67.0 Å². The normalized spacial score (nSPS) is 14.5. The van der Waals surface area contributed by atoms with Gasteiger partial charge in [-0.05, 0) is 98.6 Å². The largest absolute Gasteiger partial charge is 0.477 e. The van der Waals surface area contributed by atoms with Gasteiger partial charge in [-0.3, -0.25) is 0 Å². The number of imidazole rings is 4. The van der Waals surface area contributed by atoms with Gasteiger partial charge in [-0.15, -0.1) is 0 Å². The zero-order chi connectivity index (χ0) is 51.6. The number of carboxylic acid groups (broad SMARTS) is 1. The molecular formula is C50H47Cl2F4IN12O4. The molecule has 0 amide bonds. The maximum absolute atomic E-state index is 14.0. The number of ether oxygens (including phenoxy) is 1. The lowest BCUT2D eigenvalue weighted by Gasteiger charge is -2.07. The predicted octanol–water partition coefficient (Wildman–Crippen LogP) is 11.9. The number of aromatic carboxylic acids is 1. The molecule has 8 aromatic rings. The quantitative estimate of drug-likeness (QED) is 0.0386. The zero-order valence-electron chi connectivity index (χ0n) is 39.1. The van der Waals surface area contributed by atoms with Crippen molar-refractivity contribution < 1.29 is 37.0 Å². The number of rotatable bonds is 12. The van der Waals surface area contributed by atoms with Crippen LogP contribution in [0.25, 0.3) is 17.1 Å². The van der Waals surface area contributed by atoms with E-state index < -0.39 is 29.4 Å². The second-order valence-corrected chi connectivity index (χ2v) is 19.4. The van der Waals surface area contributed by atoms with Gasteiger partial charge in [0.05, 0.1) is 94.4 Å². The van der Waals surface area contributed by atoms with Gasteiger partial charge in [0.1, 0.15) is 16.0 Å².